The van der Waals surface area contributed by atoms with Crippen LogP contribution in [0.25, 0.3) is 66.2 Å². The normalized spacial score (nSPS) is 13.6. The summed E-state index contributed by atoms with van der Waals surface area (Å²) < 4.78 is 0. The molecule has 0 N–H and O–H groups in total. The summed E-state index contributed by atoms with van der Waals surface area (Å²) in [5.41, 5.74) is 9.27. The minimum absolute atomic E-state index is 0.0684. The second-order valence-corrected chi connectivity index (χ2v) is 11.0. The summed E-state index contributed by atoms with van der Waals surface area (Å²) in [6.07, 6.45) is 0. The van der Waals surface area contributed by atoms with Crippen LogP contribution >= 0.6 is 0 Å². The molecule has 0 saturated carbocycles. The molecular weight excluding hydrogens is 472 g/mol. The highest BCUT2D eigenvalue weighted by molar-refractivity contribution is 6.09. The second-order valence-electron chi connectivity index (χ2n) is 11.0. The quantitative estimate of drug-likeness (QED) is 0.222. The average molecular weight is 499 g/mol. The highest BCUT2D eigenvalue weighted by Gasteiger charge is 2.37. The molecule has 0 saturated heterocycles. The Morgan fingerprint density at radius 3 is 2.08 bits per heavy atom. The van der Waals surface area contributed by atoms with Crippen LogP contribution in [0.1, 0.15) is 25.0 Å². The van der Waals surface area contributed by atoms with Crippen LogP contribution in [0.15, 0.2) is 121 Å². The van der Waals surface area contributed by atoms with E-state index in [9.17, 15) is 0 Å². The molecule has 0 unspecified atom stereocenters. The van der Waals surface area contributed by atoms with Gasteiger partial charge in [-0.25, -0.2) is 9.97 Å². The van der Waals surface area contributed by atoms with Crippen molar-refractivity contribution in [1.82, 2.24) is 9.97 Å². The highest BCUT2D eigenvalue weighted by Crippen LogP contribution is 2.51. The van der Waals surface area contributed by atoms with E-state index in [0.29, 0.717) is 0 Å². The maximum Gasteiger partial charge on any atom is 0.161 e. The fraction of sp³-hybridized carbons (Fsp3) is 0.0811. The summed E-state index contributed by atoms with van der Waals surface area (Å²) >= 11 is 0. The molecule has 2 nitrogen and oxygen atoms in total. The lowest BCUT2D eigenvalue weighted by molar-refractivity contribution is 0.660. The van der Waals surface area contributed by atoms with E-state index in [1.165, 1.54) is 43.8 Å². The molecule has 184 valence electrons. The van der Waals surface area contributed by atoms with Crippen LogP contribution in [0.2, 0.25) is 0 Å². The second kappa shape index (κ2) is 8.09. The van der Waals surface area contributed by atoms with Crippen LogP contribution < -0.4 is 0 Å². The van der Waals surface area contributed by atoms with E-state index in [2.05, 4.69) is 135 Å². The zero-order chi connectivity index (χ0) is 26.1. The van der Waals surface area contributed by atoms with E-state index in [1.807, 2.05) is 0 Å². The maximum absolute atomic E-state index is 5.32. The van der Waals surface area contributed by atoms with Gasteiger partial charge in [0.1, 0.15) is 0 Å². The van der Waals surface area contributed by atoms with Gasteiger partial charge >= 0.3 is 0 Å². The van der Waals surface area contributed by atoms with Gasteiger partial charge < -0.3 is 0 Å². The van der Waals surface area contributed by atoms with E-state index in [-0.39, 0.29) is 5.41 Å². The van der Waals surface area contributed by atoms with Gasteiger partial charge in [0.15, 0.2) is 5.82 Å². The molecule has 0 amide bonds. The minimum Gasteiger partial charge on any atom is -0.228 e. The van der Waals surface area contributed by atoms with Crippen molar-refractivity contribution >= 4 is 32.4 Å². The summed E-state index contributed by atoms with van der Waals surface area (Å²) in [5.74, 6) is 0.770. The summed E-state index contributed by atoms with van der Waals surface area (Å²) in [7, 11) is 0. The Morgan fingerprint density at radius 1 is 0.513 bits per heavy atom. The Hall–Kier alpha value is -4.82. The predicted molar refractivity (Wildman–Crippen MR) is 163 cm³/mol. The molecule has 1 aliphatic carbocycles. The summed E-state index contributed by atoms with van der Waals surface area (Å²) in [4.78, 5) is 10.4. The number of fused-ring (bicyclic) bond motifs is 7. The molecule has 1 aliphatic rings. The predicted octanol–water partition coefficient (Wildman–Crippen LogP) is 9.58. The molecule has 8 rings (SSSR count). The molecule has 0 fully saturated rings. The van der Waals surface area contributed by atoms with Crippen molar-refractivity contribution in [3.05, 3.63) is 132 Å². The first-order chi connectivity index (χ1) is 19.1. The van der Waals surface area contributed by atoms with Crippen LogP contribution in [-0.2, 0) is 5.41 Å². The van der Waals surface area contributed by atoms with Crippen molar-refractivity contribution in [2.24, 2.45) is 0 Å². The van der Waals surface area contributed by atoms with Crippen LogP contribution in [0.3, 0.4) is 0 Å². The lowest BCUT2D eigenvalue weighted by Gasteiger charge is -2.21. The van der Waals surface area contributed by atoms with Gasteiger partial charge in [-0.15, -0.1) is 0 Å². The van der Waals surface area contributed by atoms with Crippen LogP contribution in [0.5, 0.6) is 0 Å². The first-order valence-corrected chi connectivity index (χ1v) is 13.5. The largest absolute Gasteiger partial charge is 0.228 e. The molecule has 0 radical (unpaired) electrons. The summed E-state index contributed by atoms with van der Waals surface area (Å²) in [5, 5.41) is 6.04. The van der Waals surface area contributed by atoms with Crippen LogP contribution in [0.4, 0.5) is 0 Å². The van der Waals surface area contributed by atoms with Crippen molar-refractivity contribution in [3.8, 4) is 33.8 Å². The average Bonchev–Trinajstić information content (AvgIpc) is 3.23. The number of aromatic nitrogens is 2. The molecule has 2 heteroatoms. The van der Waals surface area contributed by atoms with Crippen molar-refractivity contribution in [2.75, 3.05) is 0 Å². The Balaban J connectivity index is 1.41. The molecule has 0 spiro atoms. The fourth-order valence-corrected chi connectivity index (χ4v) is 6.51. The number of nitrogens with zero attached hydrogens (tertiary/aromatic N) is 2. The van der Waals surface area contributed by atoms with E-state index in [4.69, 9.17) is 9.97 Å². The summed E-state index contributed by atoms with van der Waals surface area (Å²) in [6, 6.07) is 43.4. The van der Waals surface area contributed by atoms with Gasteiger partial charge in [-0.2, -0.15) is 0 Å². The third-order valence-corrected chi connectivity index (χ3v) is 8.47. The fourth-order valence-electron chi connectivity index (χ4n) is 6.51. The van der Waals surface area contributed by atoms with Crippen LogP contribution in [-0.4, -0.2) is 9.97 Å². The first kappa shape index (κ1) is 22.2. The number of benzene rings is 6. The lowest BCUT2D eigenvalue weighted by atomic mass is 9.82. The Morgan fingerprint density at radius 2 is 1.18 bits per heavy atom. The number of para-hydroxylation sites is 1. The number of hydrogen-bond acceptors (Lipinski definition) is 2. The third-order valence-electron chi connectivity index (χ3n) is 8.47. The molecule has 39 heavy (non-hydrogen) atoms. The summed E-state index contributed by atoms with van der Waals surface area (Å²) in [6.45, 7) is 4.63. The zero-order valence-corrected chi connectivity index (χ0v) is 21.9. The van der Waals surface area contributed by atoms with Gasteiger partial charge in [-0.05, 0) is 55.9 Å². The van der Waals surface area contributed by atoms with Crippen molar-refractivity contribution in [1.29, 1.82) is 0 Å². The van der Waals surface area contributed by atoms with Crippen molar-refractivity contribution in [2.45, 2.75) is 19.3 Å². The molecule has 1 aromatic heterocycles. The first-order valence-electron chi connectivity index (χ1n) is 13.5. The number of hydrogen-bond donors (Lipinski definition) is 0. The monoisotopic (exact) mass is 498 g/mol. The Kier molecular flexibility index (Phi) is 4.60. The van der Waals surface area contributed by atoms with Crippen molar-refractivity contribution < 1.29 is 0 Å². The standard InChI is InChI=1S/C37H26N2/c1-37(2)31-15-7-5-12-27(31)34-29(14-9-16-32(34)37)36-38-33-17-8-6-13-28(33)35(39-36)25-21-20-24-19-18-23-10-3-4-11-26(23)30(24)22-25/h3-22H,1-2H3. The van der Waals surface area contributed by atoms with Gasteiger partial charge in [-0.3, -0.25) is 0 Å². The maximum atomic E-state index is 5.32. The van der Waals surface area contributed by atoms with E-state index in [0.717, 1.165) is 33.5 Å². The minimum atomic E-state index is -0.0684. The van der Waals surface area contributed by atoms with Gasteiger partial charge in [0.05, 0.1) is 11.2 Å². The molecule has 0 atom stereocenters. The molecule has 6 aromatic carbocycles. The van der Waals surface area contributed by atoms with Crippen LogP contribution in [0, 0.1) is 0 Å². The van der Waals surface area contributed by atoms with E-state index in [1.54, 1.807) is 0 Å². The molecule has 7 aromatic rings. The van der Waals surface area contributed by atoms with Gasteiger partial charge in [-0.1, -0.05) is 123 Å². The SMILES string of the molecule is CC1(C)c2ccccc2-c2c(-c3nc(-c4ccc5ccc6ccccc6c5c4)c4ccccc4n3)cccc21. The highest BCUT2D eigenvalue weighted by atomic mass is 14.9. The third kappa shape index (κ3) is 3.21. The van der Waals surface area contributed by atoms with Gasteiger partial charge in [0, 0.05) is 21.9 Å². The Bertz CT molecular complexity index is 2100. The van der Waals surface area contributed by atoms with Gasteiger partial charge in [0.2, 0.25) is 0 Å². The lowest BCUT2D eigenvalue weighted by Crippen LogP contribution is -2.14. The number of rotatable bonds is 2. The topological polar surface area (TPSA) is 25.8 Å². The van der Waals surface area contributed by atoms with Gasteiger partial charge in [0.25, 0.3) is 0 Å². The molecular formula is C37H26N2. The molecule has 1 heterocycles. The molecule has 0 bridgehead atoms. The van der Waals surface area contributed by atoms with Crippen molar-refractivity contribution in [3.63, 3.8) is 0 Å². The van der Waals surface area contributed by atoms with E-state index < -0.39 is 0 Å². The Labute approximate surface area is 227 Å². The van der Waals surface area contributed by atoms with E-state index >= 15 is 0 Å². The molecule has 0 aliphatic heterocycles. The smallest absolute Gasteiger partial charge is 0.161 e. The zero-order valence-electron chi connectivity index (χ0n) is 21.9.